The third-order valence-electron chi connectivity index (χ3n) is 2.46. The number of benzene rings is 1. The zero-order valence-corrected chi connectivity index (χ0v) is 12.2. The van der Waals surface area contributed by atoms with E-state index in [1.807, 2.05) is 6.07 Å². The van der Waals surface area contributed by atoms with Gasteiger partial charge in [0.05, 0.1) is 29.8 Å². The van der Waals surface area contributed by atoms with Crippen LogP contribution in [0.2, 0.25) is 10.0 Å². The summed E-state index contributed by atoms with van der Waals surface area (Å²) in [5, 5.41) is 9.98. The van der Waals surface area contributed by atoms with E-state index >= 15 is 0 Å². The number of rotatable bonds is 7. The molecule has 4 nitrogen and oxygen atoms in total. The minimum Gasteiger partial charge on any atom is -0.465 e. The second-order valence-electron chi connectivity index (χ2n) is 3.99. The van der Waals surface area contributed by atoms with Crippen LogP contribution in [0.15, 0.2) is 18.2 Å². The number of nitrogens with zero attached hydrogens (tertiary/aromatic N) is 1. The number of carbonyl (C=O) groups excluding carboxylic acids is 1. The highest BCUT2D eigenvalue weighted by Crippen LogP contribution is 2.23. The van der Waals surface area contributed by atoms with Gasteiger partial charge in [0.15, 0.2) is 0 Å². The van der Waals surface area contributed by atoms with Crippen LogP contribution in [0.25, 0.3) is 0 Å². The zero-order chi connectivity index (χ0) is 14.3. The average molecular weight is 306 g/mol. The highest BCUT2D eigenvalue weighted by molar-refractivity contribution is 6.42. The molecule has 0 aliphatic heterocycles. The monoisotopic (exact) mass is 305 g/mol. The maximum Gasteiger partial charge on any atom is 0.320 e. The summed E-state index contributed by atoms with van der Waals surface area (Å²) in [5.74, 6) is -0.309. The quantitative estimate of drug-likeness (QED) is 0.786. The number of carbonyl (C=O) groups is 1. The zero-order valence-electron chi connectivity index (χ0n) is 10.7. The third kappa shape index (κ3) is 5.78. The molecule has 0 aromatic heterocycles. The smallest absolute Gasteiger partial charge is 0.320 e. The first-order chi connectivity index (χ1) is 9.06. The maximum atomic E-state index is 11.4. The van der Waals surface area contributed by atoms with Crippen molar-refractivity contribution in [2.75, 3.05) is 26.3 Å². The van der Waals surface area contributed by atoms with Crippen LogP contribution in [0, 0.1) is 0 Å². The Morgan fingerprint density at radius 1 is 1.37 bits per heavy atom. The van der Waals surface area contributed by atoms with Crippen LogP contribution >= 0.6 is 23.2 Å². The number of aliphatic hydroxyl groups excluding tert-OH is 1. The summed E-state index contributed by atoms with van der Waals surface area (Å²) in [6.45, 7) is 3.09. The Balaban J connectivity index is 2.66. The van der Waals surface area contributed by atoms with Crippen LogP contribution < -0.4 is 0 Å². The fourth-order valence-corrected chi connectivity index (χ4v) is 1.96. The molecular formula is C13H17Cl2NO3. The van der Waals surface area contributed by atoms with Crippen molar-refractivity contribution in [1.29, 1.82) is 0 Å². The molecule has 106 valence electrons. The van der Waals surface area contributed by atoms with Crippen molar-refractivity contribution in [2.24, 2.45) is 0 Å². The largest absolute Gasteiger partial charge is 0.465 e. The summed E-state index contributed by atoms with van der Waals surface area (Å²) in [6, 6.07) is 5.30. The molecule has 0 spiro atoms. The molecule has 1 aromatic carbocycles. The number of aliphatic hydroxyl groups is 1. The van der Waals surface area contributed by atoms with Crippen LogP contribution in [-0.4, -0.2) is 42.3 Å². The molecule has 0 amide bonds. The molecule has 0 aliphatic rings. The topological polar surface area (TPSA) is 49.8 Å². The number of hydrogen-bond acceptors (Lipinski definition) is 4. The molecule has 0 unspecified atom stereocenters. The van der Waals surface area contributed by atoms with Gasteiger partial charge in [-0.1, -0.05) is 29.3 Å². The SMILES string of the molecule is CCOC(=O)CN(CCO)Cc1ccc(Cl)c(Cl)c1. The van der Waals surface area contributed by atoms with E-state index in [9.17, 15) is 4.79 Å². The Bertz CT molecular complexity index is 426. The summed E-state index contributed by atoms with van der Waals surface area (Å²) in [4.78, 5) is 13.2. The average Bonchev–Trinajstić information content (AvgIpc) is 2.34. The van der Waals surface area contributed by atoms with Crippen molar-refractivity contribution in [3.63, 3.8) is 0 Å². The molecule has 0 bridgehead atoms. The van der Waals surface area contributed by atoms with Gasteiger partial charge in [-0.05, 0) is 24.6 Å². The molecule has 1 aromatic rings. The van der Waals surface area contributed by atoms with Gasteiger partial charge in [0.25, 0.3) is 0 Å². The summed E-state index contributed by atoms with van der Waals surface area (Å²) in [5.41, 5.74) is 0.923. The number of esters is 1. The van der Waals surface area contributed by atoms with Crippen molar-refractivity contribution in [2.45, 2.75) is 13.5 Å². The van der Waals surface area contributed by atoms with E-state index in [-0.39, 0.29) is 19.1 Å². The summed E-state index contributed by atoms with van der Waals surface area (Å²) < 4.78 is 4.89. The van der Waals surface area contributed by atoms with Crippen LogP contribution in [0.5, 0.6) is 0 Å². The van der Waals surface area contributed by atoms with Gasteiger partial charge in [0, 0.05) is 13.1 Å². The second kappa shape index (κ2) is 8.38. The van der Waals surface area contributed by atoms with Crippen molar-refractivity contribution in [1.82, 2.24) is 4.90 Å². The predicted molar refractivity (Wildman–Crippen MR) is 75.5 cm³/mol. The molecular weight excluding hydrogens is 289 g/mol. The Morgan fingerprint density at radius 3 is 2.68 bits per heavy atom. The Kier molecular flexibility index (Phi) is 7.16. The number of hydrogen-bond donors (Lipinski definition) is 1. The summed E-state index contributed by atoms with van der Waals surface area (Å²) in [7, 11) is 0. The van der Waals surface area contributed by atoms with E-state index in [1.165, 1.54) is 0 Å². The molecule has 6 heteroatoms. The van der Waals surface area contributed by atoms with Crippen LogP contribution in [0.1, 0.15) is 12.5 Å². The van der Waals surface area contributed by atoms with Crippen molar-refractivity contribution < 1.29 is 14.6 Å². The molecule has 0 saturated carbocycles. The van der Waals surface area contributed by atoms with E-state index in [0.29, 0.717) is 29.7 Å². The van der Waals surface area contributed by atoms with Crippen LogP contribution in [0.4, 0.5) is 0 Å². The lowest BCUT2D eigenvalue weighted by molar-refractivity contribution is -0.144. The van der Waals surface area contributed by atoms with E-state index < -0.39 is 0 Å². The van der Waals surface area contributed by atoms with Crippen LogP contribution in [-0.2, 0) is 16.1 Å². The first-order valence-corrected chi connectivity index (χ1v) is 6.75. The summed E-state index contributed by atoms with van der Waals surface area (Å²) >= 11 is 11.8. The molecule has 0 heterocycles. The van der Waals surface area contributed by atoms with Gasteiger partial charge in [-0.25, -0.2) is 0 Å². The van der Waals surface area contributed by atoms with Gasteiger partial charge in [-0.2, -0.15) is 0 Å². The molecule has 0 atom stereocenters. The molecule has 0 fully saturated rings. The van der Waals surface area contributed by atoms with E-state index in [0.717, 1.165) is 5.56 Å². The normalized spacial score (nSPS) is 10.8. The van der Waals surface area contributed by atoms with Gasteiger partial charge in [0.1, 0.15) is 0 Å². The second-order valence-corrected chi connectivity index (χ2v) is 4.80. The minimum absolute atomic E-state index is 0.0271. The van der Waals surface area contributed by atoms with Gasteiger partial charge < -0.3 is 9.84 Å². The van der Waals surface area contributed by atoms with E-state index in [2.05, 4.69) is 0 Å². The van der Waals surface area contributed by atoms with Crippen molar-refractivity contribution >= 4 is 29.2 Å². The van der Waals surface area contributed by atoms with Gasteiger partial charge >= 0.3 is 5.97 Å². The molecule has 0 saturated heterocycles. The van der Waals surface area contributed by atoms with E-state index in [1.54, 1.807) is 24.0 Å². The highest BCUT2D eigenvalue weighted by atomic mass is 35.5. The standard InChI is InChI=1S/C13H17Cl2NO3/c1-2-19-13(18)9-16(5-6-17)8-10-3-4-11(14)12(15)7-10/h3-4,7,17H,2,5-6,8-9H2,1H3. The fourth-order valence-electron chi connectivity index (χ4n) is 1.64. The molecule has 0 aliphatic carbocycles. The first kappa shape index (κ1) is 16.2. The predicted octanol–water partition coefficient (Wildman–Crippen LogP) is 2.35. The highest BCUT2D eigenvalue weighted by Gasteiger charge is 2.12. The minimum atomic E-state index is -0.309. The maximum absolute atomic E-state index is 11.4. The lowest BCUT2D eigenvalue weighted by Crippen LogP contribution is -2.33. The lowest BCUT2D eigenvalue weighted by atomic mass is 10.2. The van der Waals surface area contributed by atoms with Gasteiger partial charge in [0.2, 0.25) is 0 Å². The number of ether oxygens (including phenoxy) is 1. The molecule has 1 N–H and O–H groups in total. The van der Waals surface area contributed by atoms with Crippen molar-refractivity contribution in [3.8, 4) is 0 Å². The fraction of sp³-hybridized carbons (Fsp3) is 0.462. The van der Waals surface area contributed by atoms with Gasteiger partial charge in [-0.3, -0.25) is 9.69 Å². The summed E-state index contributed by atoms with van der Waals surface area (Å²) in [6.07, 6.45) is 0. The molecule has 0 radical (unpaired) electrons. The molecule has 19 heavy (non-hydrogen) atoms. The molecule has 1 rings (SSSR count). The van der Waals surface area contributed by atoms with Crippen molar-refractivity contribution in [3.05, 3.63) is 33.8 Å². The Morgan fingerprint density at radius 2 is 2.11 bits per heavy atom. The third-order valence-corrected chi connectivity index (χ3v) is 3.20. The Labute approximate surface area is 122 Å². The van der Waals surface area contributed by atoms with Gasteiger partial charge in [-0.15, -0.1) is 0 Å². The Hall–Kier alpha value is -0.810. The lowest BCUT2D eigenvalue weighted by Gasteiger charge is -2.20. The van der Waals surface area contributed by atoms with E-state index in [4.69, 9.17) is 33.0 Å². The first-order valence-electron chi connectivity index (χ1n) is 5.99. The van der Waals surface area contributed by atoms with Crippen LogP contribution in [0.3, 0.4) is 0 Å². The number of halogens is 2.